The Balaban J connectivity index is 2.59. The van der Waals surface area contributed by atoms with Crippen molar-refractivity contribution in [3.8, 4) is 0 Å². The molecule has 100 valence electrons. The SMILES string of the molecule is C[N+]1(C)C[C@@]2([N+](=O)[O-])CC=C(Cl)[C@@]([N+](=O)[O-])(C2)C1. The predicted molar refractivity (Wildman–Crippen MR) is 64.5 cm³/mol. The molecule has 1 aliphatic carbocycles. The number of rotatable bonds is 2. The molecule has 0 aromatic carbocycles. The van der Waals surface area contributed by atoms with E-state index in [0.717, 1.165) is 0 Å². The molecule has 2 bridgehead atoms. The Morgan fingerprint density at radius 1 is 1.28 bits per heavy atom. The summed E-state index contributed by atoms with van der Waals surface area (Å²) in [5, 5.41) is 22.9. The third-order valence-corrected chi connectivity index (χ3v) is 4.38. The standard InChI is InChI=1S/C10H15ClN3O4/c1-14(2)6-9(12(15)16)4-3-8(11)10(5-9,7-14)13(17)18/h3H,4-7H2,1-2H3/q+1/t9-,10-/m1/s1. The van der Waals surface area contributed by atoms with Crippen LogP contribution in [0.1, 0.15) is 12.8 Å². The first-order valence-electron chi connectivity index (χ1n) is 5.61. The normalized spacial score (nSPS) is 37.8. The van der Waals surface area contributed by atoms with Gasteiger partial charge in [-0.15, -0.1) is 0 Å². The van der Waals surface area contributed by atoms with Gasteiger partial charge in [0.2, 0.25) is 0 Å². The Morgan fingerprint density at radius 3 is 2.39 bits per heavy atom. The van der Waals surface area contributed by atoms with Gasteiger partial charge < -0.3 is 4.48 Å². The molecule has 2 aliphatic rings. The van der Waals surface area contributed by atoms with Gasteiger partial charge in [-0.1, -0.05) is 17.7 Å². The minimum atomic E-state index is -1.51. The van der Waals surface area contributed by atoms with E-state index in [1.54, 1.807) is 14.1 Å². The van der Waals surface area contributed by atoms with E-state index in [2.05, 4.69) is 0 Å². The average Bonchev–Trinajstić information content (AvgIpc) is 2.21. The van der Waals surface area contributed by atoms with Crippen LogP contribution in [0.4, 0.5) is 0 Å². The number of fused-ring (bicyclic) bond motifs is 2. The minimum Gasteiger partial charge on any atom is -0.316 e. The molecule has 0 aromatic rings. The Morgan fingerprint density at radius 2 is 1.89 bits per heavy atom. The van der Waals surface area contributed by atoms with Gasteiger partial charge in [0, 0.05) is 16.3 Å². The van der Waals surface area contributed by atoms with E-state index < -0.39 is 16.0 Å². The van der Waals surface area contributed by atoms with Gasteiger partial charge >= 0.3 is 5.54 Å². The molecule has 1 aliphatic heterocycles. The molecule has 0 spiro atoms. The number of likely N-dealkylation sites (tertiary alicyclic amines) is 1. The van der Waals surface area contributed by atoms with Gasteiger partial charge in [0.25, 0.3) is 5.54 Å². The molecular weight excluding hydrogens is 262 g/mol. The summed E-state index contributed by atoms with van der Waals surface area (Å²) >= 11 is 6.01. The van der Waals surface area contributed by atoms with Gasteiger partial charge in [-0.25, -0.2) is 0 Å². The largest absolute Gasteiger partial charge is 0.316 e. The Kier molecular flexibility index (Phi) is 2.68. The zero-order valence-electron chi connectivity index (χ0n) is 10.3. The van der Waals surface area contributed by atoms with Gasteiger partial charge in [0.15, 0.2) is 13.1 Å². The average molecular weight is 277 g/mol. The maximum Gasteiger partial charge on any atom is 0.311 e. The zero-order chi connectivity index (χ0) is 13.8. The van der Waals surface area contributed by atoms with Gasteiger partial charge in [-0.3, -0.25) is 20.2 Å². The molecule has 0 N–H and O–H groups in total. The van der Waals surface area contributed by atoms with E-state index in [-0.39, 0.29) is 40.4 Å². The van der Waals surface area contributed by atoms with Crippen molar-refractivity contribution in [1.29, 1.82) is 0 Å². The topological polar surface area (TPSA) is 86.3 Å². The van der Waals surface area contributed by atoms with Crippen molar-refractivity contribution in [3.63, 3.8) is 0 Å². The predicted octanol–water partition coefficient (Wildman–Crippen LogP) is 1.02. The number of quaternary nitrogens is 1. The van der Waals surface area contributed by atoms with Crippen molar-refractivity contribution in [2.75, 3.05) is 27.2 Å². The van der Waals surface area contributed by atoms with Crippen LogP contribution in [0.5, 0.6) is 0 Å². The van der Waals surface area contributed by atoms with Gasteiger partial charge in [-0.05, 0) is 0 Å². The summed E-state index contributed by atoms with van der Waals surface area (Å²) in [4.78, 5) is 21.9. The molecule has 0 aromatic heterocycles. The number of hydrogen-bond donors (Lipinski definition) is 0. The van der Waals surface area contributed by atoms with Crippen LogP contribution in [-0.4, -0.2) is 52.6 Å². The van der Waals surface area contributed by atoms with Crippen molar-refractivity contribution in [2.45, 2.75) is 23.9 Å². The van der Waals surface area contributed by atoms with Crippen LogP contribution < -0.4 is 0 Å². The highest BCUT2D eigenvalue weighted by molar-refractivity contribution is 6.30. The van der Waals surface area contributed by atoms with Crippen LogP contribution in [-0.2, 0) is 0 Å². The molecule has 0 amide bonds. The number of halogens is 1. The van der Waals surface area contributed by atoms with Gasteiger partial charge in [0.1, 0.15) is 6.42 Å². The van der Waals surface area contributed by atoms with Crippen molar-refractivity contribution >= 4 is 11.6 Å². The van der Waals surface area contributed by atoms with Crippen LogP contribution >= 0.6 is 11.6 Å². The van der Waals surface area contributed by atoms with Crippen LogP contribution in [0.2, 0.25) is 0 Å². The van der Waals surface area contributed by atoms with Crippen molar-refractivity contribution in [2.24, 2.45) is 0 Å². The van der Waals surface area contributed by atoms with E-state index in [9.17, 15) is 20.2 Å². The lowest BCUT2D eigenvalue weighted by Crippen LogP contribution is -2.71. The van der Waals surface area contributed by atoms with Crippen molar-refractivity contribution < 1.29 is 14.3 Å². The van der Waals surface area contributed by atoms with E-state index in [4.69, 9.17) is 11.6 Å². The van der Waals surface area contributed by atoms with Gasteiger partial charge in [-0.2, -0.15) is 0 Å². The first-order chi connectivity index (χ1) is 8.14. The van der Waals surface area contributed by atoms with Crippen LogP contribution in [0.3, 0.4) is 0 Å². The monoisotopic (exact) mass is 276 g/mol. The molecule has 8 heteroatoms. The molecule has 7 nitrogen and oxygen atoms in total. The first-order valence-corrected chi connectivity index (χ1v) is 5.99. The van der Waals surface area contributed by atoms with Crippen molar-refractivity contribution in [3.05, 3.63) is 31.3 Å². The number of hydrogen-bond acceptors (Lipinski definition) is 4. The van der Waals surface area contributed by atoms with Crippen LogP contribution in [0, 0.1) is 20.2 Å². The molecule has 1 fully saturated rings. The molecule has 18 heavy (non-hydrogen) atoms. The van der Waals surface area contributed by atoms with Crippen molar-refractivity contribution in [1.82, 2.24) is 0 Å². The fourth-order valence-corrected chi connectivity index (χ4v) is 3.66. The lowest BCUT2D eigenvalue weighted by molar-refractivity contribution is -0.933. The molecule has 2 atom stereocenters. The molecule has 1 heterocycles. The lowest BCUT2D eigenvalue weighted by Gasteiger charge is -2.47. The number of nitro groups is 2. The summed E-state index contributed by atoms with van der Waals surface area (Å²) < 4.78 is 0.228. The first kappa shape index (κ1) is 13.2. The Bertz CT molecular complexity index is 464. The van der Waals surface area contributed by atoms with Gasteiger partial charge in [0.05, 0.1) is 19.1 Å². The molecule has 0 unspecified atom stereocenters. The zero-order valence-corrected chi connectivity index (χ0v) is 11.0. The van der Waals surface area contributed by atoms with Crippen LogP contribution in [0.25, 0.3) is 0 Å². The van der Waals surface area contributed by atoms with E-state index in [1.807, 2.05) is 0 Å². The Hall–Kier alpha value is -1.21. The summed E-state index contributed by atoms with van der Waals surface area (Å²) in [7, 11) is 3.54. The van der Waals surface area contributed by atoms with E-state index >= 15 is 0 Å². The number of nitrogens with zero attached hydrogens (tertiary/aromatic N) is 3. The maximum absolute atomic E-state index is 11.4. The highest BCUT2D eigenvalue weighted by Crippen LogP contribution is 2.46. The second kappa shape index (κ2) is 3.64. The summed E-state index contributed by atoms with van der Waals surface area (Å²) in [5.74, 6) is 0. The summed E-state index contributed by atoms with van der Waals surface area (Å²) in [6.45, 7) is 0.473. The lowest BCUT2D eigenvalue weighted by atomic mass is 9.71. The number of likely N-dealkylation sites (N-methyl/N-ethyl adjacent to an activating group) is 1. The third kappa shape index (κ3) is 1.69. The second-order valence-electron chi connectivity index (χ2n) is 5.96. The fraction of sp³-hybridized carbons (Fsp3) is 0.800. The number of piperidine rings is 1. The van der Waals surface area contributed by atoms with E-state index in [0.29, 0.717) is 0 Å². The third-order valence-electron chi connectivity index (χ3n) is 3.88. The fourth-order valence-electron chi connectivity index (χ4n) is 3.39. The minimum absolute atomic E-state index is 0.114. The second-order valence-corrected chi connectivity index (χ2v) is 6.36. The quantitative estimate of drug-likeness (QED) is 0.428. The molecule has 0 saturated carbocycles. The summed E-state index contributed by atoms with van der Waals surface area (Å²) in [5.41, 5.74) is -2.78. The highest BCUT2D eigenvalue weighted by Gasteiger charge is 2.69. The van der Waals surface area contributed by atoms with Crippen LogP contribution in [0.15, 0.2) is 11.1 Å². The molecule has 2 rings (SSSR count). The molecule has 1 saturated heterocycles. The van der Waals surface area contributed by atoms with E-state index in [1.165, 1.54) is 6.08 Å². The molecular formula is C10H15ClN3O4+. The molecule has 0 radical (unpaired) electrons. The smallest absolute Gasteiger partial charge is 0.311 e. The Labute approximate surface area is 109 Å². The summed E-state index contributed by atoms with van der Waals surface area (Å²) in [6.07, 6.45) is 1.50. The summed E-state index contributed by atoms with van der Waals surface area (Å²) in [6, 6.07) is 0. The maximum atomic E-state index is 11.4. The highest BCUT2D eigenvalue weighted by atomic mass is 35.5.